The summed E-state index contributed by atoms with van der Waals surface area (Å²) in [7, 11) is 1.51. The second-order valence-corrected chi connectivity index (χ2v) is 3.89. The van der Waals surface area contributed by atoms with E-state index in [1.807, 2.05) is 6.07 Å². The number of nitrogen functional groups attached to an aromatic ring is 1. The van der Waals surface area contributed by atoms with Crippen LogP contribution in [0, 0.1) is 0 Å². The lowest BCUT2D eigenvalue weighted by molar-refractivity contribution is 0.0467. The average Bonchev–Trinajstić information content (AvgIpc) is 2.45. The summed E-state index contributed by atoms with van der Waals surface area (Å²) < 4.78 is 10.2. The van der Waals surface area contributed by atoms with Crippen LogP contribution >= 0.6 is 0 Å². The van der Waals surface area contributed by atoms with Crippen LogP contribution in [0.25, 0.3) is 0 Å². The summed E-state index contributed by atoms with van der Waals surface area (Å²) in [5.74, 6) is 0.0565. The number of pyridine rings is 1. The van der Waals surface area contributed by atoms with Crippen molar-refractivity contribution in [2.24, 2.45) is 0 Å². The second-order valence-electron chi connectivity index (χ2n) is 3.89. The van der Waals surface area contributed by atoms with E-state index in [1.165, 1.54) is 7.11 Å². The first-order valence-corrected chi connectivity index (χ1v) is 5.70. The molecule has 0 aliphatic carbocycles. The molecule has 2 rings (SSSR count). The van der Waals surface area contributed by atoms with E-state index in [0.29, 0.717) is 22.7 Å². The molecular formula is C14H14N2O3. The molecule has 0 aliphatic heterocycles. The summed E-state index contributed by atoms with van der Waals surface area (Å²) in [5.41, 5.74) is 7.17. The van der Waals surface area contributed by atoms with E-state index >= 15 is 0 Å². The van der Waals surface area contributed by atoms with Gasteiger partial charge in [-0.2, -0.15) is 0 Å². The summed E-state index contributed by atoms with van der Waals surface area (Å²) in [6, 6.07) is 10.2. The third-order valence-electron chi connectivity index (χ3n) is 2.48. The number of anilines is 1. The van der Waals surface area contributed by atoms with Crippen molar-refractivity contribution in [1.82, 2.24) is 4.98 Å². The van der Waals surface area contributed by atoms with Gasteiger partial charge in [0.25, 0.3) is 0 Å². The number of esters is 1. The van der Waals surface area contributed by atoms with Crippen LogP contribution in [-0.4, -0.2) is 18.1 Å². The monoisotopic (exact) mass is 258 g/mol. The molecule has 1 heterocycles. The maximum Gasteiger partial charge on any atom is 0.338 e. The zero-order valence-electron chi connectivity index (χ0n) is 10.5. The highest BCUT2D eigenvalue weighted by atomic mass is 16.5. The number of carbonyl (C=O) groups excluding carboxylic acids is 1. The van der Waals surface area contributed by atoms with Gasteiger partial charge < -0.3 is 15.2 Å². The van der Waals surface area contributed by atoms with Gasteiger partial charge in [-0.1, -0.05) is 6.07 Å². The Morgan fingerprint density at radius 2 is 2.16 bits per heavy atom. The minimum absolute atomic E-state index is 0.122. The largest absolute Gasteiger partial charge is 0.497 e. The van der Waals surface area contributed by atoms with Crippen molar-refractivity contribution in [1.29, 1.82) is 0 Å². The Hall–Kier alpha value is -2.56. The molecule has 0 amide bonds. The van der Waals surface area contributed by atoms with E-state index in [4.69, 9.17) is 15.2 Å². The van der Waals surface area contributed by atoms with Crippen LogP contribution in [0.3, 0.4) is 0 Å². The van der Waals surface area contributed by atoms with Crippen molar-refractivity contribution in [3.8, 4) is 5.75 Å². The molecule has 1 aromatic heterocycles. The fourth-order valence-corrected chi connectivity index (χ4v) is 1.56. The first kappa shape index (κ1) is 12.9. The standard InChI is InChI=1S/C14H14N2O3/c1-18-13-7-10(6-11(15)8-13)14(17)19-9-12-4-2-3-5-16-12/h2-8H,9,15H2,1H3. The maximum absolute atomic E-state index is 11.9. The molecule has 98 valence electrons. The summed E-state index contributed by atoms with van der Waals surface area (Å²) in [4.78, 5) is 15.9. The van der Waals surface area contributed by atoms with E-state index in [9.17, 15) is 4.79 Å². The van der Waals surface area contributed by atoms with E-state index in [2.05, 4.69) is 4.98 Å². The van der Waals surface area contributed by atoms with Crippen molar-refractivity contribution in [3.63, 3.8) is 0 Å². The minimum Gasteiger partial charge on any atom is -0.497 e. The molecule has 0 radical (unpaired) electrons. The number of aromatic nitrogens is 1. The van der Waals surface area contributed by atoms with Crippen molar-refractivity contribution in [2.45, 2.75) is 6.61 Å². The van der Waals surface area contributed by atoms with Gasteiger partial charge in [-0.05, 0) is 24.3 Å². The molecule has 0 atom stereocenters. The quantitative estimate of drug-likeness (QED) is 0.671. The van der Waals surface area contributed by atoms with Crippen LogP contribution in [0.2, 0.25) is 0 Å². The summed E-state index contributed by atoms with van der Waals surface area (Å²) in [5, 5.41) is 0. The van der Waals surface area contributed by atoms with Gasteiger partial charge in [0.2, 0.25) is 0 Å². The molecule has 0 bridgehead atoms. The van der Waals surface area contributed by atoms with Crippen LogP contribution in [-0.2, 0) is 11.3 Å². The van der Waals surface area contributed by atoms with Gasteiger partial charge in [0.15, 0.2) is 0 Å². The fraction of sp³-hybridized carbons (Fsp3) is 0.143. The molecule has 5 nitrogen and oxygen atoms in total. The number of nitrogens with two attached hydrogens (primary N) is 1. The van der Waals surface area contributed by atoms with Crippen LogP contribution in [0.1, 0.15) is 16.1 Å². The number of nitrogens with zero attached hydrogens (tertiary/aromatic N) is 1. The predicted molar refractivity (Wildman–Crippen MR) is 70.8 cm³/mol. The van der Waals surface area contributed by atoms with Crippen LogP contribution in [0.5, 0.6) is 5.75 Å². The molecule has 2 aromatic rings. The molecule has 0 saturated carbocycles. The van der Waals surface area contributed by atoms with Gasteiger partial charge in [-0.3, -0.25) is 4.98 Å². The topological polar surface area (TPSA) is 74.4 Å². The minimum atomic E-state index is -0.462. The van der Waals surface area contributed by atoms with Gasteiger partial charge in [-0.25, -0.2) is 4.79 Å². The Morgan fingerprint density at radius 1 is 1.32 bits per heavy atom. The summed E-state index contributed by atoms with van der Waals surface area (Å²) >= 11 is 0. The van der Waals surface area contributed by atoms with E-state index in [1.54, 1.807) is 36.5 Å². The zero-order valence-corrected chi connectivity index (χ0v) is 10.5. The smallest absolute Gasteiger partial charge is 0.338 e. The normalized spacial score (nSPS) is 9.95. The molecule has 2 N–H and O–H groups in total. The van der Waals surface area contributed by atoms with Crippen molar-refractivity contribution in [2.75, 3.05) is 12.8 Å². The highest BCUT2D eigenvalue weighted by Crippen LogP contribution is 2.19. The second kappa shape index (κ2) is 5.86. The molecule has 0 spiro atoms. The molecular weight excluding hydrogens is 244 g/mol. The number of rotatable bonds is 4. The maximum atomic E-state index is 11.9. The number of benzene rings is 1. The SMILES string of the molecule is COc1cc(N)cc(C(=O)OCc2ccccn2)c1. The lowest BCUT2D eigenvalue weighted by Gasteiger charge is -2.07. The Kier molecular flexibility index (Phi) is 3.97. The zero-order chi connectivity index (χ0) is 13.7. The first-order chi connectivity index (χ1) is 9.19. The van der Waals surface area contributed by atoms with Gasteiger partial charge in [0.05, 0.1) is 18.4 Å². The lowest BCUT2D eigenvalue weighted by atomic mass is 10.2. The Morgan fingerprint density at radius 3 is 2.84 bits per heavy atom. The molecule has 0 fully saturated rings. The Balaban J connectivity index is 2.06. The average molecular weight is 258 g/mol. The number of hydrogen-bond donors (Lipinski definition) is 1. The molecule has 19 heavy (non-hydrogen) atoms. The summed E-state index contributed by atoms with van der Waals surface area (Å²) in [6.07, 6.45) is 1.65. The molecule has 0 aliphatic rings. The number of methoxy groups -OCH3 is 1. The molecule has 5 heteroatoms. The Labute approximate surface area is 111 Å². The van der Waals surface area contributed by atoms with Crippen molar-refractivity contribution < 1.29 is 14.3 Å². The van der Waals surface area contributed by atoms with Gasteiger partial charge in [0.1, 0.15) is 12.4 Å². The van der Waals surface area contributed by atoms with Crippen molar-refractivity contribution >= 4 is 11.7 Å². The van der Waals surface area contributed by atoms with E-state index in [-0.39, 0.29) is 6.61 Å². The first-order valence-electron chi connectivity index (χ1n) is 5.70. The number of carbonyl (C=O) groups is 1. The third kappa shape index (κ3) is 3.45. The summed E-state index contributed by atoms with van der Waals surface area (Å²) in [6.45, 7) is 0.122. The Bertz CT molecular complexity index is 570. The molecule has 0 saturated heterocycles. The number of ether oxygens (including phenoxy) is 2. The van der Waals surface area contributed by atoms with Crippen LogP contribution < -0.4 is 10.5 Å². The lowest BCUT2D eigenvalue weighted by Crippen LogP contribution is -2.07. The van der Waals surface area contributed by atoms with E-state index in [0.717, 1.165) is 0 Å². The number of hydrogen-bond acceptors (Lipinski definition) is 5. The highest BCUT2D eigenvalue weighted by Gasteiger charge is 2.10. The molecule has 1 aromatic carbocycles. The van der Waals surface area contributed by atoms with Crippen molar-refractivity contribution in [3.05, 3.63) is 53.9 Å². The third-order valence-corrected chi connectivity index (χ3v) is 2.48. The van der Waals surface area contributed by atoms with Gasteiger partial charge >= 0.3 is 5.97 Å². The molecule has 0 unspecified atom stereocenters. The van der Waals surface area contributed by atoms with Gasteiger partial charge in [0, 0.05) is 18.0 Å². The van der Waals surface area contributed by atoms with Gasteiger partial charge in [-0.15, -0.1) is 0 Å². The van der Waals surface area contributed by atoms with Crippen LogP contribution in [0.4, 0.5) is 5.69 Å². The highest BCUT2D eigenvalue weighted by molar-refractivity contribution is 5.91. The predicted octanol–water partition coefficient (Wildman–Crippen LogP) is 2.03. The van der Waals surface area contributed by atoms with Crippen LogP contribution in [0.15, 0.2) is 42.6 Å². The van der Waals surface area contributed by atoms with E-state index < -0.39 is 5.97 Å². The fourth-order valence-electron chi connectivity index (χ4n) is 1.56.